The minimum absolute atomic E-state index is 0.0137. The first-order chi connectivity index (χ1) is 10.5. The number of carbonyl (C=O) groups is 1. The van der Waals surface area contributed by atoms with Crippen LogP contribution in [0.2, 0.25) is 15.1 Å². The average Bonchev–Trinajstić information content (AvgIpc) is 2.45. The van der Waals surface area contributed by atoms with Crippen LogP contribution in [0.3, 0.4) is 0 Å². The standard InChI is InChI=1S/C14H10Cl3FN2O2/c15-8-5-9(16)14(10(17)6-8)20-19-13(21)7-22-12-4-2-1-3-11(12)18/h1-6,20H,7H2,(H,19,21). The van der Waals surface area contributed by atoms with Gasteiger partial charge in [0.25, 0.3) is 5.91 Å². The number of benzene rings is 2. The zero-order valence-electron chi connectivity index (χ0n) is 11.0. The number of amides is 1. The highest BCUT2D eigenvalue weighted by Gasteiger charge is 2.10. The van der Waals surface area contributed by atoms with Gasteiger partial charge in [0.1, 0.15) is 0 Å². The number of hydrogen-bond donors (Lipinski definition) is 2. The molecular weight excluding hydrogens is 354 g/mol. The van der Waals surface area contributed by atoms with Crippen LogP contribution >= 0.6 is 34.8 Å². The Bertz CT molecular complexity index is 675. The maximum atomic E-state index is 13.3. The third-order valence-corrected chi connectivity index (χ3v) is 3.34. The third-order valence-electron chi connectivity index (χ3n) is 2.53. The van der Waals surface area contributed by atoms with E-state index in [0.29, 0.717) is 10.7 Å². The van der Waals surface area contributed by atoms with Gasteiger partial charge in [-0.1, -0.05) is 46.9 Å². The number of ether oxygens (including phenoxy) is 1. The summed E-state index contributed by atoms with van der Waals surface area (Å²) >= 11 is 17.7. The van der Waals surface area contributed by atoms with Gasteiger partial charge in [0, 0.05) is 5.02 Å². The largest absolute Gasteiger partial charge is 0.481 e. The van der Waals surface area contributed by atoms with Gasteiger partial charge in [0.2, 0.25) is 0 Å². The summed E-state index contributed by atoms with van der Waals surface area (Å²) in [6.45, 7) is -0.378. The van der Waals surface area contributed by atoms with E-state index in [1.54, 1.807) is 6.07 Å². The van der Waals surface area contributed by atoms with E-state index in [1.165, 1.54) is 30.3 Å². The van der Waals surface area contributed by atoms with Gasteiger partial charge in [0.05, 0.1) is 15.7 Å². The number of anilines is 1. The fraction of sp³-hybridized carbons (Fsp3) is 0.0714. The Kier molecular flexibility index (Phi) is 5.71. The zero-order chi connectivity index (χ0) is 16.1. The summed E-state index contributed by atoms with van der Waals surface area (Å²) in [6.07, 6.45) is 0. The van der Waals surface area contributed by atoms with E-state index in [9.17, 15) is 9.18 Å². The monoisotopic (exact) mass is 362 g/mol. The van der Waals surface area contributed by atoms with E-state index >= 15 is 0 Å². The lowest BCUT2D eigenvalue weighted by Crippen LogP contribution is -2.33. The minimum atomic E-state index is -0.549. The Morgan fingerprint density at radius 1 is 1.14 bits per heavy atom. The topological polar surface area (TPSA) is 50.4 Å². The number of para-hydroxylation sites is 1. The lowest BCUT2D eigenvalue weighted by atomic mass is 10.3. The molecule has 0 saturated heterocycles. The smallest absolute Gasteiger partial charge is 0.276 e. The number of rotatable bonds is 5. The van der Waals surface area contributed by atoms with E-state index in [1.807, 2.05) is 0 Å². The maximum absolute atomic E-state index is 13.3. The average molecular weight is 364 g/mol. The van der Waals surface area contributed by atoms with Crippen molar-refractivity contribution in [3.05, 3.63) is 57.3 Å². The molecule has 8 heteroatoms. The molecule has 0 aliphatic heterocycles. The van der Waals surface area contributed by atoms with Crippen molar-refractivity contribution in [2.75, 3.05) is 12.0 Å². The van der Waals surface area contributed by atoms with Crippen molar-refractivity contribution >= 4 is 46.4 Å². The molecule has 0 aliphatic carbocycles. The summed E-state index contributed by atoms with van der Waals surface area (Å²) in [4.78, 5) is 11.7. The Morgan fingerprint density at radius 3 is 2.41 bits per heavy atom. The summed E-state index contributed by atoms with van der Waals surface area (Å²) in [5, 5.41) is 0.857. The van der Waals surface area contributed by atoms with Crippen molar-refractivity contribution < 1.29 is 13.9 Å². The molecule has 2 rings (SSSR count). The van der Waals surface area contributed by atoms with E-state index in [2.05, 4.69) is 10.9 Å². The second-order valence-electron chi connectivity index (χ2n) is 4.14. The van der Waals surface area contributed by atoms with Crippen molar-refractivity contribution in [2.45, 2.75) is 0 Å². The van der Waals surface area contributed by atoms with Crippen molar-refractivity contribution in [1.29, 1.82) is 0 Å². The quantitative estimate of drug-likeness (QED) is 0.778. The second-order valence-corrected chi connectivity index (χ2v) is 5.39. The number of halogens is 4. The summed E-state index contributed by atoms with van der Waals surface area (Å²) < 4.78 is 18.4. The van der Waals surface area contributed by atoms with Gasteiger partial charge >= 0.3 is 0 Å². The molecule has 0 unspecified atom stereocenters. The number of carbonyl (C=O) groups excluding carboxylic acids is 1. The van der Waals surface area contributed by atoms with Gasteiger partial charge in [-0.15, -0.1) is 0 Å². The molecule has 2 aromatic rings. The lowest BCUT2D eigenvalue weighted by Gasteiger charge is -2.12. The summed E-state index contributed by atoms with van der Waals surface area (Å²) in [5.74, 6) is -1.10. The first kappa shape index (κ1) is 16.7. The van der Waals surface area contributed by atoms with Crippen LogP contribution in [-0.4, -0.2) is 12.5 Å². The van der Waals surface area contributed by atoms with Crippen molar-refractivity contribution in [1.82, 2.24) is 5.43 Å². The van der Waals surface area contributed by atoms with Gasteiger partial charge in [-0.3, -0.25) is 15.6 Å². The van der Waals surface area contributed by atoms with Gasteiger partial charge < -0.3 is 4.74 Å². The zero-order valence-corrected chi connectivity index (χ0v) is 13.3. The van der Waals surface area contributed by atoms with E-state index in [4.69, 9.17) is 39.5 Å². The summed E-state index contributed by atoms with van der Waals surface area (Å²) in [7, 11) is 0. The van der Waals surface area contributed by atoms with Crippen LogP contribution in [0, 0.1) is 5.82 Å². The molecule has 0 saturated carbocycles. The van der Waals surface area contributed by atoms with E-state index in [0.717, 1.165) is 0 Å². The van der Waals surface area contributed by atoms with Crippen LogP contribution in [0.5, 0.6) is 5.75 Å². The fourth-order valence-electron chi connectivity index (χ4n) is 1.53. The van der Waals surface area contributed by atoms with Crippen molar-refractivity contribution in [3.63, 3.8) is 0 Å². The van der Waals surface area contributed by atoms with Gasteiger partial charge in [-0.2, -0.15) is 0 Å². The molecule has 0 atom stereocenters. The minimum Gasteiger partial charge on any atom is -0.481 e. The van der Waals surface area contributed by atoms with Crippen LogP contribution < -0.4 is 15.6 Å². The number of hydrazine groups is 1. The van der Waals surface area contributed by atoms with Crippen molar-refractivity contribution in [3.8, 4) is 5.75 Å². The fourth-order valence-corrected chi connectivity index (χ4v) is 2.45. The molecule has 0 bridgehead atoms. The molecule has 0 radical (unpaired) electrons. The Hall–Kier alpha value is -1.69. The molecule has 0 aromatic heterocycles. The Morgan fingerprint density at radius 2 is 1.77 bits per heavy atom. The molecule has 22 heavy (non-hydrogen) atoms. The predicted octanol–water partition coefficient (Wildman–Crippen LogP) is 4.31. The van der Waals surface area contributed by atoms with Crippen LogP contribution in [0.4, 0.5) is 10.1 Å². The molecule has 0 aliphatic rings. The molecule has 2 N–H and O–H groups in total. The molecular formula is C14H10Cl3FN2O2. The molecule has 4 nitrogen and oxygen atoms in total. The van der Waals surface area contributed by atoms with Gasteiger partial charge in [0.15, 0.2) is 18.2 Å². The highest BCUT2D eigenvalue weighted by Crippen LogP contribution is 2.33. The van der Waals surface area contributed by atoms with E-state index < -0.39 is 11.7 Å². The highest BCUT2D eigenvalue weighted by molar-refractivity contribution is 6.41. The molecule has 0 heterocycles. The molecule has 2 aromatic carbocycles. The lowest BCUT2D eigenvalue weighted by molar-refractivity contribution is -0.122. The SMILES string of the molecule is O=C(COc1ccccc1F)NNc1c(Cl)cc(Cl)cc1Cl. The Balaban J connectivity index is 1.90. The predicted molar refractivity (Wildman–Crippen MR) is 85.1 cm³/mol. The summed E-state index contributed by atoms with van der Waals surface area (Å²) in [5.41, 5.74) is 5.20. The number of hydrogen-bond acceptors (Lipinski definition) is 3. The first-order valence-electron chi connectivity index (χ1n) is 6.04. The third kappa shape index (κ3) is 4.40. The van der Waals surface area contributed by atoms with Crippen LogP contribution in [0.15, 0.2) is 36.4 Å². The van der Waals surface area contributed by atoms with E-state index in [-0.39, 0.29) is 22.4 Å². The number of nitrogens with one attached hydrogen (secondary N) is 2. The summed E-state index contributed by atoms with van der Waals surface area (Å²) in [6, 6.07) is 8.72. The van der Waals surface area contributed by atoms with Gasteiger partial charge in [-0.05, 0) is 24.3 Å². The molecule has 0 fully saturated rings. The van der Waals surface area contributed by atoms with Crippen LogP contribution in [0.25, 0.3) is 0 Å². The molecule has 0 spiro atoms. The van der Waals surface area contributed by atoms with Gasteiger partial charge in [-0.25, -0.2) is 4.39 Å². The highest BCUT2D eigenvalue weighted by atomic mass is 35.5. The maximum Gasteiger partial charge on any atom is 0.276 e. The molecule has 1 amide bonds. The normalized spacial score (nSPS) is 10.2. The van der Waals surface area contributed by atoms with Crippen molar-refractivity contribution in [2.24, 2.45) is 0 Å². The van der Waals surface area contributed by atoms with Crippen LogP contribution in [-0.2, 0) is 4.79 Å². The second kappa shape index (κ2) is 7.54. The molecule has 116 valence electrons. The Labute approximate surface area is 141 Å². The van der Waals surface area contributed by atoms with Crippen LogP contribution in [0.1, 0.15) is 0 Å². The first-order valence-corrected chi connectivity index (χ1v) is 7.17.